The molecule has 0 saturated carbocycles. The van der Waals surface area contributed by atoms with Gasteiger partial charge in [-0.2, -0.15) is 0 Å². The van der Waals surface area contributed by atoms with Crippen molar-refractivity contribution in [2.75, 3.05) is 46.6 Å². The first-order valence-electron chi connectivity index (χ1n) is 7.88. The number of nitrogens with zero attached hydrogens (tertiary/aromatic N) is 1. The molecule has 1 unspecified atom stereocenters. The highest BCUT2D eigenvalue weighted by Gasteiger charge is 2.16. The van der Waals surface area contributed by atoms with E-state index in [2.05, 4.69) is 4.90 Å². The maximum Gasteiger partial charge on any atom is 0.336 e. The van der Waals surface area contributed by atoms with E-state index in [0.717, 1.165) is 18.5 Å². The first kappa shape index (κ1) is 16.8. The van der Waals surface area contributed by atoms with Gasteiger partial charge in [-0.15, -0.1) is 0 Å². The lowest BCUT2D eigenvalue weighted by Crippen LogP contribution is -2.42. The molecule has 1 aromatic carbocycles. The minimum absolute atomic E-state index is 0.121. The minimum Gasteiger partial charge on any atom is -0.493 e. The molecule has 1 aliphatic heterocycles. The van der Waals surface area contributed by atoms with Gasteiger partial charge in [0, 0.05) is 37.2 Å². The number of morpholine rings is 1. The Morgan fingerprint density at radius 3 is 2.79 bits per heavy atom. The summed E-state index contributed by atoms with van der Waals surface area (Å²) in [5.41, 5.74) is -0.00746. The summed E-state index contributed by atoms with van der Waals surface area (Å²) in [5, 5.41) is 10.9. The molecular formula is C17H21NO6. The van der Waals surface area contributed by atoms with Gasteiger partial charge < -0.3 is 23.7 Å². The standard InChI is InChI=1S/C17H21NO6/c1-21-15-8-12-2-3-17(20)24-14(12)9-16(15)23-11-13(19)10-18-4-6-22-7-5-18/h2-3,8-9,13,19H,4-7,10-11H2,1H3. The Balaban J connectivity index is 1.67. The Morgan fingerprint density at radius 1 is 1.25 bits per heavy atom. The lowest BCUT2D eigenvalue weighted by Gasteiger charge is -2.28. The van der Waals surface area contributed by atoms with Gasteiger partial charge in [0.15, 0.2) is 11.5 Å². The van der Waals surface area contributed by atoms with E-state index in [1.807, 2.05) is 0 Å². The van der Waals surface area contributed by atoms with Gasteiger partial charge in [-0.3, -0.25) is 4.90 Å². The predicted octanol–water partition coefficient (Wildman–Crippen LogP) is 0.873. The lowest BCUT2D eigenvalue weighted by molar-refractivity contribution is 0.00446. The quantitative estimate of drug-likeness (QED) is 0.785. The number of β-amino-alcohol motifs (C(OH)–C–C–N with tert-alkyl or cyclic N) is 1. The fraction of sp³-hybridized carbons (Fsp3) is 0.471. The average Bonchev–Trinajstić information content (AvgIpc) is 2.60. The molecule has 3 rings (SSSR count). The summed E-state index contributed by atoms with van der Waals surface area (Å²) in [5.74, 6) is 0.954. The molecule has 0 spiro atoms. The van der Waals surface area contributed by atoms with Crippen molar-refractivity contribution in [3.8, 4) is 11.5 Å². The molecule has 0 bridgehead atoms. The summed E-state index contributed by atoms with van der Waals surface area (Å²) < 4.78 is 21.4. The van der Waals surface area contributed by atoms with Crippen LogP contribution >= 0.6 is 0 Å². The zero-order valence-corrected chi connectivity index (χ0v) is 13.6. The predicted molar refractivity (Wildman–Crippen MR) is 87.8 cm³/mol. The van der Waals surface area contributed by atoms with Crippen LogP contribution in [0, 0.1) is 0 Å². The molecule has 7 nitrogen and oxygen atoms in total. The zero-order valence-electron chi connectivity index (χ0n) is 13.6. The molecule has 1 N–H and O–H groups in total. The smallest absolute Gasteiger partial charge is 0.336 e. The summed E-state index contributed by atoms with van der Waals surface area (Å²) in [6.45, 7) is 3.63. The highest BCUT2D eigenvalue weighted by molar-refractivity contribution is 5.80. The van der Waals surface area contributed by atoms with E-state index in [1.54, 1.807) is 18.2 Å². The Labute approximate surface area is 139 Å². The van der Waals surface area contributed by atoms with Crippen molar-refractivity contribution in [1.29, 1.82) is 0 Å². The van der Waals surface area contributed by atoms with Crippen molar-refractivity contribution in [1.82, 2.24) is 4.90 Å². The number of methoxy groups -OCH3 is 1. The number of ether oxygens (including phenoxy) is 3. The van der Waals surface area contributed by atoms with Gasteiger partial charge in [0.2, 0.25) is 0 Å². The van der Waals surface area contributed by atoms with Crippen molar-refractivity contribution in [3.63, 3.8) is 0 Å². The fourth-order valence-corrected chi connectivity index (χ4v) is 2.67. The van der Waals surface area contributed by atoms with Gasteiger partial charge in [0.25, 0.3) is 0 Å². The summed E-state index contributed by atoms with van der Waals surface area (Å²) >= 11 is 0. The first-order chi connectivity index (χ1) is 11.7. The van der Waals surface area contributed by atoms with E-state index >= 15 is 0 Å². The molecular weight excluding hydrogens is 314 g/mol. The summed E-state index contributed by atoms with van der Waals surface area (Å²) in [6, 6.07) is 6.37. The molecule has 2 aromatic rings. The molecule has 1 aromatic heterocycles. The topological polar surface area (TPSA) is 81.4 Å². The van der Waals surface area contributed by atoms with Gasteiger partial charge in [-0.1, -0.05) is 0 Å². The third-order valence-electron chi connectivity index (χ3n) is 3.91. The van der Waals surface area contributed by atoms with Crippen LogP contribution in [0.1, 0.15) is 0 Å². The van der Waals surface area contributed by atoms with Crippen molar-refractivity contribution < 1.29 is 23.7 Å². The molecule has 1 atom stereocenters. The maximum atomic E-state index is 11.3. The van der Waals surface area contributed by atoms with Crippen LogP contribution < -0.4 is 15.1 Å². The molecule has 7 heteroatoms. The highest BCUT2D eigenvalue weighted by Crippen LogP contribution is 2.31. The second kappa shape index (κ2) is 7.65. The van der Waals surface area contributed by atoms with Crippen LogP contribution in [-0.2, 0) is 4.74 Å². The molecule has 0 amide bonds. The molecule has 1 saturated heterocycles. The molecule has 0 aliphatic carbocycles. The number of rotatable bonds is 6. The normalized spacial score (nSPS) is 16.9. The van der Waals surface area contributed by atoms with Crippen molar-refractivity contribution >= 4 is 11.0 Å². The number of hydrogen-bond acceptors (Lipinski definition) is 7. The van der Waals surface area contributed by atoms with E-state index in [4.69, 9.17) is 18.6 Å². The third kappa shape index (κ3) is 4.05. The van der Waals surface area contributed by atoms with Gasteiger partial charge in [0.1, 0.15) is 18.3 Å². The Bertz CT molecular complexity index is 737. The number of fused-ring (bicyclic) bond motifs is 1. The SMILES string of the molecule is COc1cc2ccc(=O)oc2cc1OCC(O)CN1CCOCC1. The first-order valence-corrected chi connectivity index (χ1v) is 7.88. The van der Waals surface area contributed by atoms with Crippen LogP contribution in [0.25, 0.3) is 11.0 Å². The van der Waals surface area contributed by atoms with Gasteiger partial charge in [-0.05, 0) is 12.1 Å². The summed E-state index contributed by atoms with van der Waals surface area (Å²) in [6.07, 6.45) is -0.633. The summed E-state index contributed by atoms with van der Waals surface area (Å²) in [7, 11) is 1.54. The largest absolute Gasteiger partial charge is 0.493 e. The van der Waals surface area contributed by atoms with Gasteiger partial charge >= 0.3 is 5.63 Å². The van der Waals surface area contributed by atoms with E-state index in [0.29, 0.717) is 36.8 Å². The van der Waals surface area contributed by atoms with E-state index in [-0.39, 0.29) is 6.61 Å². The highest BCUT2D eigenvalue weighted by atomic mass is 16.5. The second-order valence-electron chi connectivity index (χ2n) is 5.67. The Morgan fingerprint density at radius 2 is 2.04 bits per heavy atom. The van der Waals surface area contributed by atoms with Crippen molar-refractivity contribution in [2.45, 2.75) is 6.10 Å². The van der Waals surface area contributed by atoms with E-state index in [9.17, 15) is 9.90 Å². The molecule has 2 heterocycles. The second-order valence-corrected chi connectivity index (χ2v) is 5.67. The number of benzene rings is 1. The van der Waals surface area contributed by atoms with Crippen LogP contribution in [0.3, 0.4) is 0 Å². The molecule has 1 fully saturated rings. The monoisotopic (exact) mass is 335 g/mol. The molecule has 0 radical (unpaired) electrons. The minimum atomic E-state index is -0.633. The van der Waals surface area contributed by atoms with Gasteiger partial charge in [0.05, 0.1) is 20.3 Å². The van der Waals surface area contributed by atoms with Gasteiger partial charge in [-0.25, -0.2) is 4.79 Å². The summed E-state index contributed by atoms with van der Waals surface area (Å²) in [4.78, 5) is 13.5. The zero-order chi connectivity index (χ0) is 16.9. The lowest BCUT2D eigenvalue weighted by atomic mass is 10.2. The van der Waals surface area contributed by atoms with Crippen LogP contribution in [0.4, 0.5) is 0 Å². The van der Waals surface area contributed by atoms with Crippen molar-refractivity contribution in [3.05, 3.63) is 34.7 Å². The van der Waals surface area contributed by atoms with Crippen LogP contribution in [-0.4, -0.2) is 62.7 Å². The average molecular weight is 335 g/mol. The van der Waals surface area contributed by atoms with E-state index in [1.165, 1.54) is 13.2 Å². The Kier molecular flexibility index (Phi) is 5.34. The molecule has 130 valence electrons. The van der Waals surface area contributed by atoms with Crippen LogP contribution in [0.15, 0.2) is 33.5 Å². The number of aliphatic hydroxyl groups is 1. The number of aliphatic hydroxyl groups excluding tert-OH is 1. The molecule has 24 heavy (non-hydrogen) atoms. The third-order valence-corrected chi connectivity index (χ3v) is 3.91. The van der Waals surface area contributed by atoms with Crippen LogP contribution in [0.2, 0.25) is 0 Å². The van der Waals surface area contributed by atoms with Crippen molar-refractivity contribution in [2.24, 2.45) is 0 Å². The number of hydrogen-bond donors (Lipinski definition) is 1. The van der Waals surface area contributed by atoms with Crippen LogP contribution in [0.5, 0.6) is 11.5 Å². The maximum absolute atomic E-state index is 11.3. The fourth-order valence-electron chi connectivity index (χ4n) is 2.67. The Hall–Kier alpha value is -2.09. The molecule has 1 aliphatic rings. The van der Waals surface area contributed by atoms with E-state index < -0.39 is 11.7 Å².